The van der Waals surface area contributed by atoms with Crippen LogP contribution in [0, 0.1) is 0 Å². The first-order chi connectivity index (χ1) is 6.02. The van der Waals surface area contributed by atoms with Crippen molar-refractivity contribution in [1.82, 2.24) is 4.90 Å². The summed E-state index contributed by atoms with van der Waals surface area (Å²) >= 11 is 0. The maximum Gasteiger partial charge on any atom is 0.0333 e. The molecule has 0 amide bonds. The van der Waals surface area contributed by atoms with Crippen LogP contribution < -0.4 is 0 Å². The highest BCUT2D eigenvalue weighted by molar-refractivity contribution is 6.21. The Morgan fingerprint density at radius 1 is 1.23 bits per heavy atom. The van der Waals surface area contributed by atoms with Crippen molar-refractivity contribution in [2.24, 2.45) is 0 Å². The van der Waals surface area contributed by atoms with E-state index in [-0.39, 0.29) is 0 Å². The van der Waals surface area contributed by atoms with E-state index in [0.717, 1.165) is 0 Å². The zero-order valence-corrected chi connectivity index (χ0v) is 11.6. The molecule has 0 aliphatic carbocycles. The minimum absolute atomic E-state index is 0.298. The van der Waals surface area contributed by atoms with Crippen LogP contribution in [-0.2, 0) is 0 Å². The van der Waals surface area contributed by atoms with Gasteiger partial charge in [0, 0.05) is 15.8 Å². The Balaban J connectivity index is 2.61. The van der Waals surface area contributed by atoms with Gasteiger partial charge in [0.25, 0.3) is 0 Å². The highest BCUT2D eigenvalue weighted by Crippen LogP contribution is 2.22. The van der Waals surface area contributed by atoms with Gasteiger partial charge in [-0.2, -0.15) is 0 Å². The van der Waals surface area contributed by atoms with Crippen LogP contribution in [0.2, 0.25) is 0 Å². The normalized spacial score (nSPS) is 22.2. The third kappa shape index (κ3) is 3.28. The van der Waals surface area contributed by atoms with E-state index in [1.807, 2.05) is 0 Å². The largest absolute Gasteiger partial charge is 0.295 e. The number of piperidine rings is 1. The lowest BCUT2D eigenvalue weighted by Gasteiger charge is -2.39. The Kier molecular flexibility index (Phi) is 3.74. The van der Waals surface area contributed by atoms with Gasteiger partial charge in [-0.1, -0.05) is 17.7 Å². The number of rotatable bonds is 2. The van der Waals surface area contributed by atoms with Gasteiger partial charge in [0.1, 0.15) is 0 Å². The van der Waals surface area contributed by atoms with Crippen molar-refractivity contribution in [1.29, 1.82) is 0 Å². The quantitative estimate of drug-likeness (QED) is 0.607. The first-order valence-electron chi connectivity index (χ1n) is 5.43. The predicted molar refractivity (Wildman–Crippen MR) is 63.2 cm³/mol. The van der Waals surface area contributed by atoms with Gasteiger partial charge in [0.2, 0.25) is 0 Å². The number of allylic oxidation sites excluding steroid dienone is 1. The maximum atomic E-state index is 2.62. The van der Waals surface area contributed by atoms with Crippen LogP contribution in [0.3, 0.4) is 0 Å². The average Bonchev–Trinajstić information content (AvgIpc) is 2.04. The van der Waals surface area contributed by atoms with Crippen molar-refractivity contribution in [2.45, 2.75) is 45.6 Å². The summed E-state index contributed by atoms with van der Waals surface area (Å²) in [7, 11) is 1.20. The average molecular weight is 197 g/mol. The van der Waals surface area contributed by atoms with Crippen LogP contribution in [0.5, 0.6) is 0 Å². The summed E-state index contributed by atoms with van der Waals surface area (Å²) < 4.78 is 0. The molecule has 1 aliphatic rings. The van der Waals surface area contributed by atoms with Crippen LogP contribution >= 0.6 is 0 Å². The molecular formula is C11H23NSi. The summed E-state index contributed by atoms with van der Waals surface area (Å²) in [5, 5.41) is 1.57. The minimum Gasteiger partial charge on any atom is -0.295 e. The molecule has 0 aromatic rings. The highest BCUT2D eigenvalue weighted by atomic mass is 28.1. The highest BCUT2D eigenvalue weighted by Gasteiger charge is 2.24. The predicted octanol–water partition coefficient (Wildman–Crippen LogP) is 1.52. The van der Waals surface area contributed by atoms with Gasteiger partial charge in [0.15, 0.2) is 0 Å². The standard InChI is InChI=1S/C11H23NSi/c1-10(13)9-11(2,3)12-7-5-4-6-8-12/h9H,4-8H2,1-3,13H3/b10-9-. The van der Waals surface area contributed by atoms with Gasteiger partial charge in [-0.25, -0.2) is 0 Å². The Labute approximate surface area is 85.6 Å². The molecule has 13 heavy (non-hydrogen) atoms. The van der Waals surface area contributed by atoms with Crippen molar-refractivity contribution in [3.8, 4) is 0 Å². The minimum atomic E-state index is 0.298. The van der Waals surface area contributed by atoms with E-state index >= 15 is 0 Å². The molecule has 0 radical (unpaired) electrons. The fourth-order valence-corrected chi connectivity index (χ4v) is 2.97. The first-order valence-corrected chi connectivity index (χ1v) is 6.43. The zero-order chi connectivity index (χ0) is 9.90. The molecule has 1 fully saturated rings. The summed E-state index contributed by atoms with van der Waals surface area (Å²) in [6, 6.07) is 0. The lowest BCUT2D eigenvalue weighted by atomic mass is 9.98. The SMILES string of the molecule is C/C([SiH3])=C/C(C)(C)N1CCCCC1. The molecule has 0 aromatic carbocycles. The lowest BCUT2D eigenvalue weighted by molar-refractivity contribution is 0.132. The third-order valence-corrected chi connectivity index (χ3v) is 3.10. The van der Waals surface area contributed by atoms with E-state index in [4.69, 9.17) is 0 Å². The molecule has 0 spiro atoms. The topological polar surface area (TPSA) is 3.24 Å². The molecule has 2 heteroatoms. The number of hydrogen-bond donors (Lipinski definition) is 0. The molecule has 0 aromatic heterocycles. The smallest absolute Gasteiger partial charge is 0.0333 e. The van der Waals surface area contributed by atoms with Gasteiger partial charge in [-0.05, 0) is 46.7 Å². The van der Waals surface area contributed by atoms with Crippen LogP contribution in [0.1, 0.15) is 40.0 Å². The second kappa shape index (κ2) is 4.42. The lowest BCUT2D eigenvalue weighted by Crippen LogP contribution is -2.45. The Morgan fingerprint density at radius 3 is 2.23 bits per heavy atom. The Morgan fingerprint density at radius 2 is 1.77 bits per heavy atom. The third-order valence-electron chi connectivity index (χ3n) is 2.81. The van der Waals surface area contributed by atoms with Crippen molar-refractivity contribution in [3.63, 3.8) is 0 Å². The summed E-state index contributed by atoms with van der Waals surface area (Å²) in [6.07, 6.45) is 6.65. The van der Waals surface area contributed by atoms with Gasteiger partial charge in [0.05, 0.1) is 0 Å². The molecule has 1 heterocycles. The van der Waals surface area contributed by atoms with Crippen molar-refractivity contribution >= 4 is 10.2 Å². The summed E-state index contributed by atoms with van der Waals surface area (Å²) in [5.74, 6) is 0. The Bertz CT molecular complexity index is 186. The Hall–Kier alpha value is -0.0831. The number of hydrogen-bond acceptors (Lipinski definition) is 1. The fraction of sp³-hybridized carbons (Fsp3) is 0.818. The first kappa shape index (κ1) is 11.0. The molecule has 76 valence electrons. The van der Waals surface area contributed by atoms with Crippen molar-refractivity contribution < 1.29 is 0 Å². The number of likely N-dealkylation sites (tertiary alicyclic amines) is 1. The van der Waals surface area contributed by atoms with E-state index < -0.39 is 0 Å². The van der Waals surface area contributed by atoms with Gasteiger partial charge in [-0.15, -0.1) is 0 Å². The van der Waals surface area contributed by atoms with Crippen molar-refractivity contribution in [3.05, 3.63) is 11.3 Å². The van der Waals surface area contributed by atoms with Crippen LogP contribution in [-0.4, -0.2) is 33.8 Å². The zero-order valence-electron chi connectivity index (χ0n) is 9.56. The monoisotopic (exact) mass is 197 g/mol. The molecule has 0 unspecified atom stereocenters. The van der Waals surface area contributed by atoms with Crippen LogP contribution in [0.25, 0.3) is 0 Å². The second-order valence-corrected chi connectivity index (χ2v) is 6.50. The molecule has 1 nitrogen and oxygen atoms in total. The van der Waals surface area contributed by atoms with Crippen LogP contribution in [0.4, 0.5) is 0 Å². The molecule has 0 saturated carbocycles. The van der Waals surface area contributed by atoms with E-state index in [0.29, 0.717) is 5.54 Å². The van der Waals surface area contributed by atoms with Crippen molar-refractivity contribution in [2.75, 3.05) is 13.1 Å². The second-order valence-electron chi connectivity index (χ2n) is 4.92. The molecule has 0 atom stereocenters. The fourth-order valence-electron chi connectivity index (χ4n) is 2.27. The molecule has 0 bridgehead atoms. The van der Waals surface area contributed by atoms with Gasteiger partial charge in [-0.3, -0.25) is 4.90 Å². The number of nitrogens with zero attached hydrogens (tertiary/aromatic N) is 1. The molecular weight excluding hydrogens is 174 g/mol. The van der Waals surface area contributed by atoms with Gasteiger partial charge >= 0.3 is 0 Å². The van der Waals surface area contributed by atoms with E-state index in [9.17, 15) is 0 Å². The molecule has 1 rings (SSSR count). The van der Waals surface area contributed by atoms with Crippen LogP contribution in [0.15, 0.2) is 11.3 Å². The molecule has 0 N–H and O–H groups in total. The maximum absolute atomic E-state index is 2.62. The summed E-state index contributed by atoms with van der Waals surface area (Å²) in [4.78, 5) is 2.62. The van der Waals surface area contributed by atoms with Gasteiger partial charge < -0.3 is 0 Å². The van der Waals surface area contributed by atoms with E-state index in [1.165, 1.54) is 42.6 Å². The summed E-state index contributed by atoms with van der Waals surface area (Å²) in [5.41, 5.74) is 0.298. The summed E-state index contributed by atoms with van der Waals surface area (Å²) in [6.45, 7) is 9.52. The molecule has 1 saturated heterocycles. The molecule has 1 aliphatic heterocycles. The van der Waals surface area contributed by atoms with E-state index in [1.54, 1.807) is 5.20 Å². The van der Waals surface area contributed by atoms with E-state index in [2.05, 4.69) is 31.7 Å².